The summed E-state index contributed by atoms with van der Waals surface area (Å²) >= 11 is 13.1. The Bertz CT molecular complexity index is 702. The third kappa shape index (κ3) is 5.03. The molecule has 1 heterocycles. The maximum atomic E-state index is 12.3. The highest BCUT2D eigenvalue weighted by atomic mass is 35.5. The van der Waals surface area contributed by atoms with Gasteiger partial charge in [-0.2, -0.15) is 0 Å². The lowest BCUT2D eigenvalue weighted by atomic mass is 10.2. The van der Waals surface area contributed by atoms with E-state index in [0.29, 0.717) is 26.7 Å². The van der Waals surface area contributed by atoms with E-state index in [1.54, 1.807) is 25.1 Å². The molecule has 1 aromatic carbocycles. The summed E-state index contributed by atoms with van der Waals surface area (Å²) in [6.45, 7) is 3.87. The Morgan fingerprint density at radius 3 is 2.62 bits per heavy atom. The molecule has 0 fully saturated rings. The molecule has 0 aliphatic carbocycles. The third-order valence-electron chi connectivity index (χ3n) is 3.27. The quantitative estimate of drug-likeness (QED) is 0.557. The molecule has 24 heavy (non-hydrogen) atoms. The number of nitrogen functional groups attached to an aromatic ring is 1. The Morgan fingerprint density at radius 2 is 2.00 bits per heavy atom. The van der Waals surface area contributed by atoms with Crippen LogP contribution in [0.2, 0.25) is 10.0 Å². The molecule has 2 aromatic rings. The molecule has 0 radical (unpaired) electrons. The Morgan fingerprint density at radius 1 is 1.33 bits per heavy atom. The summed E-state index contributed by atoms with van der Waals surface area (Å²) in [5.41, 5.74) is 0.544. The van der Waals surface area contributed by atoms with Gasteiger partial charge in [0.15, 0.2) is 5.82 Å². The minimum Gasteiger partial charge on any atom is -0.336 e. The lowest BCUT2D eigenvalue weighted by Gasteiger charge is -2.12. The number of rotatable bonds is 7. The van der Waals surface area contributed by atoms with Gasteiger partial charge in [-0.15, -0.1) is 10.2 Å². The van der Waals surface area contributed by atoms with Crippen molar-refractivity contribution < 1.29 is 4.79 Å². The van der Waals surface area contributed by atoms with E-state index in [0.717, 1.165) is 19.3 Å². The number of carbonyl (C=O) groups is 1. The number of aromatic nitrogens is 3. The van der Waals surface area contributed by atoms with Gasteiger partial charge < -0.3 is 11.2 Å². The first-order valence-electron chi connectivity index (χ1n) is 7.53. The largest absolute Gasteiger partial charge is 0.336 e. The standard InChI is InChI=1S/C15H19Cl2N5OS/c1-3-4-5-13-20-21-15(22(13)18)24-9(2)14(23)19-12-7-10(16)6-11(17)8-12/h6-9H,3-5,18H2,1-2H3,(H,19,23)/t9-/m1/s1. The van der Waals surface area contributed by atoms with E-state index in [1.807, 2.05) is 0 Å². The van der Waals surface area contributed by atoms with Crippen LogP contribution in [-0.4, -0.2) is 26.0 Å². The average Bonchev–Trinajstić information content (AvgIpc) is 2.84. The third-order valence-corrected chi connectivity index (χ3v) is 4.76. The van der Waals surface area contributed by atoms with Gasteiger partial charge in [0, 0.05) is 22.2 Å². The molecule has 9 heteroatoms. The molecule has 0 spiro atoms. The second-order valence-corrected chi connectivity index (χ2v) is 7.46. The molecule has 0 saturated heterocycles. The minimum absolute atomic E-state index is 0.198. The van der Waals surface area contributed by atoms with Gasteiger partial charge >= 0.3 is 0 Å². The molecule has 130 valence electrons. The van der Waals surface area contributed by atoms with Crippen LogP contribution in [0, 0.1) is 0 Å². The Balaban J connectivity index is 2.00. The maximum absolute atomic E-state index is 12.3. The number of halogens is 2. The van der Waals surface area contributed by atoms with Gasteiger partial charge in [0.25, 0.3) is 0 Å². The van der Waals surface area contributed by atoms with Gasteiger partial charge in [-0.1, -0.05) is 48.3 Å². The Kier molecular flexibility index (Phi) is 6.77. The zero-order valence-corrected chi connectivity index (χ0v) is 15.8. The number of hydrogen-bond acceptors (Lipinski definition) is 5. The smallest absolute Gasteiger partial charge is 0.237 e. The molecule has 3 N–H and O–H groups in total. The number of nitrogens with two attached hydrogens (primary N) is 1. The number of hydrogen-bond donors (Lipinski definition) is 2. The average molecular weight is 388 g/mol. The van der Waals surface area contributed by atoms with E-state index in [9.17, 15) is 4.79 Å². The SMILES string of the molecule is CCCCc1nnc(S[C@H](C)C(=O)Nc2cc(Cl)cc(Cl)c2)n1N. The van der Waals surface area contributed by atoms with E-state index in [-0.39, 0.29) is 5.91 Å². The van der Waals surface area contributed by atoms with Crippen molar-refractivity contribution in [2.45, 2.75) is 43.5 Å². The summed E-state index contributed by atoms with van der Waals surface area (Å²) in [6, 6.07) is 4.87. The summed E-state index contributed by atoms with van der Waals surface area (Å²) in [7, 11) is 0. The van der Waals surface area contributed by atoms with Crippen LogP contribution in [0.15, 0.2) is 23.4 Å². The fourth-order valence-corrected chi connectivity index (χ4v) is 3.29. The van der Waals surface area contributed by atoms with E-state index in [4.69, 9.17) is 29.0 Å². The molecular formula is C15H19Cl2N5OS. The number of benzene rings is 1. The van der Waals surface area contributed by atoms with Crippen molar-refractivity contribution in [3.63, 3.8) is 0 Å². The number of anilines is 1. The zero-order valence-electron chi connectivity index (χ0n) is 13.4. The van der Waals surface area contributed by atoms with Crippen LogP contribution < -0.4 is 11.2 Å². The van der Waals surface area contributed by atoms with Crippen molar-refractivity contribution in [1.29, 1.82) is 0 Å². The Hall–Kier alpha value is -1.44. The van der Waals surface area contributed by atoms with Crippen LogP contribution in [0.25, 0.3) is 0 Å². The molecule has 1 amide bonds. The van der Waals surface area contributed by atoms with Crippen molar-refractivity contribution in [3.05, 3.63) is 34.1 Å². The Labute approximate surface area is 155 Å². The first-order valence-corrected chi connectivity index (χ1v) is 9.17. The predicted octanol–water partition coefficient (Wildman–Crippen LogP) is 3.76. The summed E-state index contributed by atoms with van der Waals surface area (Å²) in [5.74, 6) is 6.51. The summed E-state index contributed by atoms with van der Waals surface area (Å²) in [6.07, 6.45) is 2.81. The molecule has 2 rings (SSSR count). The molecule has 1 aromatic heterocycles. The molecular weight excluding hydrogens is 369 g/mol. The van der Waals surface area contributed by atoms with Crippen molar-refractivity contribution in [3.8, 4) is 0 Å². The summed E-state index contributed by atoms with van der Waals surface area (Å²) < 4.78 is 1.44. The lowest BCUT2D eigenvalue weighted by molar-refractivity contribution is -0.115. The number of nitrogens with one attached hydrogen (secondary N) is 1. The van der Waals surface area contributed by atoms with E-state index >= 15 is 0 Å². The van der Waals surface area contributed by atoms with Crippen LogP contribution in [0.3, 0.4) is 0 Å². The molecule has 0 unspecified atom stereocenters. The van der Waals surface area contributed by atoms with Crippen molar-refractivity contribution in [2.75, 3.05) is 11.2 Å². The van der Waals surface area contributed by atoms with E-state index < -0.39 is 5.25 Å². The number of amides is 1. The predicted molar refractivity (Wildman–Crippen MR) is 99.2 cm³/mol. The number of nitrogens with zero attached hydrogens (tertiary/aromatic N) is 3. The molecule has 6 nitrogen and oxygen atoms in total. The fraction of sp³-hybridized carbons (Fsp3) is 0.400. The van der Waals surface area contributed by atoms with E-state index in [1.165, 1.54) is 16.4 Å². The summed E-state index contributed by atoms with van der Waals surface area (Å²) in [4.78, 5) is 12.3. The van der Waals surface area contributed by atoms with Gasteiger partial charge in [0.05, 0.1) is 5.25 Å². The maximum Gasteiger partial charge on any atom is 0.237 e. The highest BCUT2D eigenvalue weighted by Gasteiger charge is 2.19. The summed E-state index contributed by atoms with van der Waals surface area (Å²) in [5, 5.41) is 11.9. The second-order valence-electron chi connectivity index (χ2n) is 5.28. The lowest BCUT2D eigenvalue weighted by Crippen LogP contribution is -2.24. The minimum atomic E-state index is -0.409. The van der Waals surface area contributed by atoms with Crippen molar-refractivity contribution in [1.82, 2.24) is 14.9 Å². The molecule has 1 atom stereocenters. The van der Waals surface area contributed by atoms with Crippen LogP contribution >= 0.6 is 35.0 Å². The highest BCUT2D eigenvalue weighted by Crippen LogP contribution is 2.25. The number of aryl methyl sites for hydroxylation is 1. The normalized spacial score (nSPS) is 12.2. The van der Waals surface area contributed by atoms with Gasteiger partial charge in [-0.3, -0.25) is 4.79 Å². The topological polar surface area (TPSA) is 85.8 Å². The van der Waals surface area contributed by atoms with Crippen LogP contribution in [-0.2, 0) is 11.2 Å². The number of thioether (sulfide) groups is 1. The monoisotopic (exact) mass is 387 g/mol. The highest BCUT2D eigenvalue weighted by molar-refractivity contribution is 8.00. The van der Waals surface area contributed by atoms with Gasteiger partial charge in [-0.05, 0) is 31.5 Å². The molecule has 0 aliphatic heterocycles. The first-order chi connectivity index (χ1) is 11.4. The van der Waals surface area contributed by atoms with Gasteiger partial charge in [0.2, 0.25) is 11.1 Å². The number of carbonyl (C=O) groups excluding carboxylic acids is 1. The van der Waals surface area contributed by atoms with E-state index in [2.05, 4.69) is 22.4 Å². The fourth-order valence-electron chi connectivity index (χ4n) is 1.97. The zero-order chi connectivity index (χ0) is 17.7. The van der Waals surface area contributed by atoms with Crippen molar-refractivity contribution in [2.24, 2.45) is 0 Å². The molecule has 0 bridgehead atoms. The van der Waals surface area contributed by atoms with Crippen molar-refractivity contribution >= 4 is 46.6 Å². The second kappa shape index (κ2) is 8.60. The van der Waals surface area contributed by atoms with Crippen LogP contribution in [0.5, 0.6) is 0 Å². The molecule has 0 aliphatic rings. The molecule has 0 saturated carbocycles. The van der Waals surface area contributed by atoms with Gasteiger partial charge in [0.1, 0.15) is 0 Å². The number of unbranched alkanes of at least 4 members (excludes halogenated alkanes) is 1. The van der Waals surface area contributed by atoms with Gasteiger partial charge in [-0.25, -0.2) is 4.68 Å². The van der Waals surface area contributed by atoms with Crippen LogP contribution in [0.4, 0.5) is 5.69 Å². The first kappa shape index (κ1) is 18.9. The van der Waals surface area contributed by atoms with Crippen LogP contribution in [0.1, 0.15) is 32.5 Å².